The van der Waals surface area contributed by atoms with E-state index in [1.807, 2.05) is 57.2 Å². The highest BCUT2D eigenvalue weighted by molar-refractivity contribution is 7.15. The molecule has 2 N–H and O–H groups in total. The average Bonchev–Trinajstić information content (AvgIpc) is 3.21. The molecule has 0 unspecified atom stereocenters. The van der Waals surface area contributed by atoms with Gasteiger partial charge in [0.05, 0.1) is 32.1 Å². The molecular weight excluding hydrogens is 486 g/mol. The number of ether oxygens (including phenoxy) is 3. The quantitative estimate of drug-likeness (QED) is 0.206. The van der Waals surface area contributed by atoms with Crippen LogP contribution in [0.25, 0.3) is 0 Å². The number of carbonyl (C=O) groups is 1. The summed E-state index contributed by atoms with van der Waals surface area (Å²) in [4.78, 5) is 18.2. The third-order valence-corrected chi connectivity index (χ3v) is 6.94. The molecule has 0 spiro atoms. The van der Waals surface area contributed by atoms with E-state index in [0.29, 0.717) is 43.7 Å². The summed E-state index contributed by atoms with van der Waals surface area (Å²) in [6, 6.07) is 15.9. The summed E-state index contributed by atoms with van der Waals surface area (Å²) in [5.41, 5.74) is 4.61. The molecule has 1 amide bonds. The van der Waals surface area contributed by atoms with Crippen molar-refractivity contribution in [2.75, 3.05) is 50.2 Å². The molecule has 1 aromatic heterocycles. The highest BCUT2D eigenvalue weighted by Crippen LogP contribution is 2.24. The Hall–Kier alpha value is -2.78. The van der Waals surface area contributed by atoms with Crippen molar-refractivity contribution in [1.29, 1.82) is 0 Å². The fourth-order valence-corrected chi connectivity index (χ4v) is 4.50. The fourth-order valence-electron chi connectivity index (χ4n) is 3.69. The maximum Gasteiger partial charge on any atom is 0.257 e. The van der Waals surface area contributed by atoms with Crippen LogP contribution in [-0.4, -0.2) is 50.5 Å². The van der Waals surface area contributed by atoms with Crippen LogP contribution in [0.15, 0.2) is 48.5 Å². The third-order valence-electron chi connectivity index (χ3n) is 5.95. The van der Waals surface area contributed by atoms with E-state index < -0.39 is 0 Å². The Morgan fingerprint density at radius 3 is 2.30 bits per heavy atom. The van der Waals surface area contributed by atoms with Gasteiger partial charge in [-0.15, -0.1) is 11.3 Å². The highest BCUT2D eigenvalue weighted by Gasteiger charge is 2.14. The van der Waals surface area contributed by atoms with Crippen LogP contribution in [0.2, 0.25) is 0 Å². The monoisotopic (exact) mass is 525 g/mol. The molecular formula is C29H39N3O4S. The maximum absolute atomic E-state index is 12.7. The Kier molecular flexibility index (Phi) is 12.6. The van der Waals surface area contributed by atoms with E-state index in [0.717, 1.165) is 54.3 Å². The number of unbranched alkanes of at least 4 members (excludes halogenated alkanes) is 2. The molecule has 0 saturated heterocycles. The molecule has 2 aromatic carbocycles. The molecule has 0 aliphatic carbocycles. The lowest BCUT2D eigenvalue weighted by Crippen LogP contribution is -2.16. The van der Waals surface area contributed by atoms with E-state index in [1.54, 1.807) is 0 Å². The number of hydrogen-bond acceptors (Lipinski definition) is 7. The number of rotatable bonds is 17. The number of carbonyl (C=O) groups excluding carboxylic acids is 1. The minimum atomic E-state index is -0.150. The molecule has 8 heteroatoms. The van der Waals surface area contributed by atoms with Gasteiger partial charge in [0.15, 0.2) is 5.13 Å². The molecule has 7 nitrogen and oxygen atoms in total. The topological polar surface area (TPSA) is 81.7 Å². The number of amides is 1. The second-order valence-electron chi connectivity index (χ2n) is 8.84. The van der Waals surface area contributed by atoms with Gasteiger partial charge >= 0.3 is 0 Å². The molecule has 1 heterocycles. The molecule has 37 heavy (non-hydrogen) atoms. The molecule has 0 fully saturated rings. The number of hydrogen-bond donors (Lipinski definition) is 2. The molecule has 0 aliphatic heterocycles. The smallest absolute Gasteiger partial charge is 0.257 e. The summed E-state index contributed by atoms with van der Waals surface area (Å²) in [6.07, 6.45) is 3.17. The minimum Gasteiger partial charge on any atom is -0.382 e. The first-order valence-electron chi connectivity index (χ1n) is 12.9. The van der Waals surface area contributed by atoms with Crippen LogP contribution in [-0.2, 0) is 20.8 Å². The van der Waals surface area contributed by atoms with Crippen molar-refractivity contribution in [2.45, 2.75) is 46.6 Å². The Morgan fingerprint density at radius 1 is 0.838 bits per heavy atom. The van der Waals surface area contributed by atoms with E-state index in [1.165, 1.54) is 16.9 Å². The number of benzene rings is 2. The van der Waals surface area contributed by atoms with Crippen molar-refractivity contribution in [1.82, 2.24) is 4.98 Å². The zero-order valence-electron chi connectivity index (χ0n) is 22.2. The number of aromatic nitrogens is 1. The summed E-state index contributed by atoms with van der Waals surface area (Å²) in [6.45, 7) is 10.5. The van der Waals surface area contributed by atoms with Crippen LogP contribution < -0.4 is 10.6 Å². The first-order valence-corrected chi connectivity index (χ1v) is 13.7. The van der Waals surface area contributed by atoms with E-state index >= 15 is 0 Å². The van der Waals surface area contributed by atoms with Gasteiger partial charge in [0.1, 0.15) is 0 Å². The molecule has 0 saturated carbocycles. The Balaban J connectivity index is 1.20. The standard InChI is InChI=1S/C29H39N3O4S/c1-22-26(28(33)32-29-31-23(2)24(3)37-29)13-10-14-27(22)30-15-18-35-20-19-34-16-8-5-9-17-36-21-25-11-6-4-7-12-25/h4,6-7,10-14,30H,5,8-9,15-21H2,1-3H3,(H,31,32,33). The van der Waals surface area contributed by atoms with Crippen LogP contribution >= 0.6 is 11.3 Å². The molecule has 3 rings (SSSR count). The van der Waals surface area contributed by atoms with Gasteiger partial charge in [0.2, 0.25) is 0 Å². The highest BCUT2D eigenvalue weighted by atomic mass is 32.1. The van der Waals surface area contributed by atoms with Gasteiger partial charge in [-0.2, -0.15) is 0 Å². The van der Waals surface area contributed by atoms with Crippen LogP contribution in [0, 0.1) is 20.8 Å². The number of thiazole rings is 1. The zero-order valence-corrected chi connectivity index (χ0v) is 23.0. The first kappa shape index (κ1) is 28.8. The third kappa shape index (κ3) is 10.2. The zero-order chi connectivity index (χ0) is 26.3. The Bertz CT molecular complexity index is 1070. The summed E-state index contributed by atoms with van der Waals surface area (Å²) < 4.78 is 17.0. The molecule has 0 radical (unpaired) electrons. The average molecular weight is 526 g/mol. The normalized spacial score (nSPS) is 11.0. The van der Waals surface area contributed by atoms with Crippen LogP contribution in [0.1, 0.15) is 51.3 Å². The summed E-state index contributed by atoms with van der Waals surface area (Å²) in [5.74, 6) is -0.150. The molecule has 0 aliphatic rings. The first-order chi connectivity index (χ1) is 18.0. The van der Waals surface area contributed by atoms with Crippen LogP contribution in [0.5, 0.6) is 0 Å². The van der Waals surface area contributed by atoms with Gasteiger partial charge in [0, 0.05) is 35.9 Å². The van der Waals surface area contributed by atoms with Gasteiger partial charge in [-0.3, -0.25) is 10.1 Å². The number of aryl methyl sites for hydroxylation is 2. The summed E-state index contributed by atoms with van der Waals surface area (Å²) in [7, 11) is 0. The maximum atomic E-state index is 12.7. The van der Waals surface area contributed by atoms with Crippen molar-refractivity contribution < 1.29 is 19.0 Å². The second kappa shape index (κ2) is 16.1. The lowest BCUT2D eigenvalue weighted by molar-refractivity contribution is 0.0488. The summed E-state index contributed by atoms with van der Waals surface area (Å²) in [5, 5.41) is 6.89. The van der Waals surface area contributed by atoms with Gasteiger partial charge in [-0.1, -0.05) is 36.4 Å². The van der Waals surface area contributed by atoms with Gasteiger partial charge in [-0.25, -0.2) is 4.98 Å². The van der Waals surface area contributed by atoms with Gasteiger partial charge in [0.25, 0.3) is 5.91 Å². The Morgan fingerprint density at radius 2 is 1.57 bits per heavy atom. The minimum absolute atomic E-state index is 0.150. The van der Waals surface area contributed by atoms with Crippen molar-refractivity contribution in [2.24, 2.45) is 0 Å². The lowest BCUT2D eigenvalue weighted by atomic mass is 10.1. The van der Waals surface area contributed by atoms with Crippen molar-refractivity contribution in [3.8, 4) is 0 Å². The number of anilines is 2. The predicted octanol–water partition coefficient (Wildman–Crippen LogP) is 6.15. The van der Waals surface area contributed by atoms with E-state index in [4.69, 9.17) is 14.2 Å². The van der Waals surface area contributed by atoms with Crippen LogP contribution in [0.4, 0.5) is 10.8 Å². The predicted molar refractivity (Wildman–Crippen MR) is 151 cm³/mol. The van der Waals surface area contributed by atoms with Gasteiger partial charge < -0.3 is 19.5 Å². The van der Waals surface area contributed by atoms with Crippen molar-refractivity contribution in [3.05, 3.63) is 75.8 Å². The van der Waals surface area contributed by atoms with E-state index in [-0.39, 0.29) is 5.91 Å². The van der Waals surface area contributed by atoms with Gasteiger partial charge in [-0.05, 0) is 63.3 Å². The molecule has 0 bridgehead atoms. The second-order valence-corrected chi connectivity index (χ2v) is 10.0. The van der Waals surface area contributed by atoms with E-state index in [9.17, 15) is 4.79 Å². The summed E-state index contributed by atoms with van der Waals surface area (Å²) >= 11 is 1.49. The van der Waals surface area contributed by atoms with Crippen LogP contribution in [0.3, 0.4) is 0 Å². The Labute approximate surface area is 224 Å². The number of nitrogens with zero attached hydrogens (tertiary/aromatic N) is 1. The van der Waals surface area contributed by atoms with Crippen molar-refractivity contribution in [3.63, 3.8) is 0 Å². The lowest BCUT2D eigenvalue weighted by Gasteiger charge is -2.13. The largest absolute Gasteiger partial charge is 0.382 e. The van der Waals surface area contributed by atoms with Crippen molar-refractivity contribution >= 4 is 28.1 Å². The SMILES string of the molecule is Cc1nc(NC(=O)c2cccc(NCCOCCOCCCCCOCc3ccccc3)c2C)sc1C. The number of nitrogens with one attached hydrogen (secondary N) is 2. The molecule has 200 valence electrons. The molecule has 3 aromatic rings. The fraction of sp³-hybridized carbons (Fsp3) is 0.448. The van der Waals surface area contributed by atoms with E-state index in [2.05, 4.69) is 27.8 Å². The molecule has 0 atom stereocenters.